The molecule has 0 saturated heterocycles. The molecule has 0 atom stereocenters. The molecule has 1 heterocycles. The lowest BCUT2D eigenvalue weighted by Crippen LogP contribution is -2.03. The van der Waals surface area contributed by atoms with Crippen molar-refractivity contribution in [1.82, 2.24) is 9.97 Å². The van der Waals surface area contributed by atoms with Crippen LogP contribution in [0.1, 0.15) is 18.9 Å². The molecule has 0 bridgehead atoms. The molecular weight excluding hydrogens is 332 g/mol. The van der Waals surface area contributed by atoms with Crippen LogP contribution in [-0.4, -0.2) is 9.97 Å². The van der Waals surface area contributed by atoms with Crippen LogP contribution in [0.25, 0.3) is 0 Å². The van der Waals surface area contributed by atoms with Gasteiger partial charge in [0, 0.05) is 4.47 Å². The summed E-state index contributed by atoms with van der Waals surface area (Å²) in [7, 11) is 0. The molecule has 0 spiro atoms. The lowest BCUT2D eigenvalue weighted by atomic mass is 10.2. The standard InChI is InChI=1S/C13H12BrF2N3O/c1-2-3-8-12(17)18-6-19-13(8)20-10-5-7(14)4-9(15)11(10)16/h4-6H,2-3H2,1H3,(H2,17,18,19). The maximum atomic E-state index is 13.7. The third-order valence-electron chi connectivity index (χ3n) is 2.61. The summed E-state index contributed by atoms with van der Waals surface area (Å²) >= 11 is 3.08. The number of anilines is 1. The van der Waals surface area contributed by atoms with Gasteiger partial charge < -0.3 is 10.5 Å². The third-order valence-corrected chi connectivity index (χ3v) is 3.06. The summed E-state index contributed by atoms with van der Waals surface area (Å²) in [5.41, 5.74) is 6.33. The number of hydrogen-bond acceptors (Lipinski definition) is 4. The van der Waals surface area contributed by atoms with E-state index in [4.69, 9.17) is 10.5 Å². The Balaban J connectivity index is 2.42. The molecule has 7 heteroatoms. The Morgan fingerprint density at radius 3 is 2.75 bits per heavy atom. The van der Waals surface area contributed by atoms with Gasteiger partial charge in [0.15, 0.2) is 11.6 Å². The molecule has 0 aliphatic carbocycles. The zero-order valence-corrected chi connectivity index (χ0v) is 12.2. The fourth-order valence-corrected chi connectivity index (χ4v) is 2.10. The molecule has 0 unspecified atom stereocenters. The molecule has 0 fully saturated rings. The highest BCUT2D eigenvalue weighted by Gasteiger charge is 2.16. The predicted molar refractivity (Wildman–Crippen MR) is 74.6 cm³/mol. The van der Waals surface area contributed by atoms with E-state index in [1.165, 1.54) is 12.4 Å². The average molecular weight is 344 g/mol. The number of nitrogens with two attached hydrogens (primary N) is 1. The summed E-state index contributed by atoms with van der Waals surface area (Å²) in [5.74, 6) is -1.93. The summed E-state index contributed by atoms with van der Waals surface area (Å²) in [6.07, 6.45) is 2.60. The fraction of sp³-hybridized carbons (Fsp3) is 0.231. The lowest BCUT2D eigenvalue weighted by Gasteiger charge is -2.11. The highest BCUT2D eigenvalue weighted by molar-refractivity contribution is 9.10. The molecular formula is C13H12BrF2N3O. The Morgan fingerprint density at radius 2 is 2.05 bits per heavy atom. The summed E-state index contributed by atoms with van der Waals surface area (Å²) in [6, 6.07) is 2.34. The largest absolute Gasteiger partial charge is 0.435 e. The second kappa shape index (κ2) is 6.13. The summed E-state index contributed by atoms with van der Waals surface area (Å²) in [4.78, 5) is 7.80. The maximum Gasteiger partial charge on any atom is 0.227 e. The minimum atomic E-state index is -1.08. The molecule has 2 N–H and O–H groups in total. The van der Waals surface area contributed by atoms with Crippen LogP contribution in [0, 0.1) is 11.6 Å². The first-order valence-corrected chi connectivity index (χ1v) is 6.74. The summed E-state index contributed by atoms with van der Waals surface area (Å²) < 4.78 is 32.7. The van der Waals surface area contributed by atoms with Crippen LogP contribution in [0.4, 0.5) is 14.6 Å². The number of hydrogen-bond donors (Lipinski definition) is 1. The van der Waals surface area contributed by atoms with Gasteiger partial charge in [0.25, 0.3) is 0 Å². The third kappa shape index (κ3) is 3.04. The van der Waals surface area contributed by atoms with Gasteiger partial charge in [-0.25, -0.2) is 14.4 Å². The topological polar surface area (TPSA) is 61.0 Å². The second-order valence-corrected chi connectivity index (χ2v) is 5.01. The number of benzene rings is 1. The molecule has 2 rings (SSSR count). The van der Waals surface area contributed by atoms with Gasteiger partial charge in [-0.15, -0.1) is 0 Å². The van der Waals surface area contributed by atoms with Gasteiger partial charge >= 0.3 is 0 Å². The normalized spacial score (nSPS) is 10.6. The van der Waals surface area contributed by atoms with E-state index in [-0.39, 0.29) is 17.4 Å². The molecule has 0 aliphatic rings. The van der Waals surface area contributed by atoms with E-state index in [0.717, 1.165) is 12.5 Å². The maximum absolute atomic E-state index is 13.7. The lowest BCUT2D eigenvalue weighted by molar-refractivity contribution is 0.400. The van der Waals surface area contributed by atoms with Gasteiger partial charge in [-0.1, -0.05) is 29.3 Å². The van der Waals surface area contributed by atoms with E-state index in [1.807, 2.05) is 6.92 Å². The number of ether oxygens (including phenoxy) is 1. The van der Waals surface area contributed by atoms with Crippen molar-refractivity contribution in [3.63, 3.8) is 0 Å². The Morgan fingerprint density at radius 1 is 1.30 bits per heavy atom. The van der Waals surface area contributed by atoms with Crippen molar-refractivity contribution >= 4 is 21.7 Å². The van der Waals surface area contributed by atoms with Crippen molar-refractivity contribution in [2.24, 2.45) is 0 Å². The molecule has 2 aromatic rings. The molecule has 0 amide bonds. The van der Waals surface area contributed by atoms with E-state index in [0.29, 0.717) is 16.5 Å². The second-order valence-electron chi connectivity index (χ2n) is 4.09. The highest BCUT2D eigenvalue weighted by Crippen LogP contribution is 2.31. The minimum absolute atomic E-state index is 0.135. The summed E-state index contributed by atoms with van der Waals surface area (Å²) in [6.45, 7) is 1.95. The first-order valence-electron chi connectivity index (χ1n) is 5.94. The van der Waals surface area contributed by atoms with Crippen molar-refractivity contribution in [2.45, 2.75) is 19.8 Å². The van der Waals surface area contributed by atoms with Gasteiger partial charge in [0.05, 0.1) is 5.56 Å². The fourth-order valence-electron chi connectivity index (χ4n) is 1.69. The van der Waals surface area contributed by atoms with Crippen LogP contribution in [-0.2, 0) is 6.42 Å². The SMILES string of the molecule is CCCc1c(N)ncnc1Oc1cc(Br)cc(F)c1F. The molecule has 1 aromatic carbocycles. The molecule has 0 saturated carbocycles. The van der Waals surface area contributed by atoms with Crippen LogP contribution >= 0.6 is 15.9 Å². The van der Waals surface area contributed by atoms with Crippen LogP contribution in [0.15, 0.2) is 22.9 Å². The van der Waals surface area contributed by atoms with Crippen LogP contribution < -0.4 is 10.5 Å². The van der Waals surface area contributed by atoms with Gasteiger partial charge in [-0.2, -0.15) is 4.39 Å². The van der Waals surface area contributed by atoms with Crippen molar-refractivity contribution in [3.05, 3.63) is 40.1 Å². The quantitative estimate of drug-likeness (QED) is 0.856. The number of nitrogen functional groups attached to an aromatic ring is 1. The van der Waals surface area contributed by atoms with E-state index < -0.39 is 11.6 Å². The monoisotopic (exact) mass is 343 g/mol. The molecule has 0 radical (unpaired) electrons. The van der Waals surface area contributed by atoms with Crippen LogP contribution in [0.3, 0.4) is 0 Å². The number of aromatic nitrogens is 2. The van der Waals surface area contributed by atoms with Crippen molar-refractivity contribution in [3.8, 4) is 11.6 Å². The van der Waals surface area contributed by atoms with Gasteiger partial charge in [0.1, 0.15) is 12.1 Å². The Kier molecular flexibility index (Phi) is 4.49. The number of rotatable bonds is 4. The molecule has 20 heavy (non-hydrogen) atoms. The first-order chi connectivity index (χ1) is 9.52. The zero-order valence-electron chi connectivity index (χ0n) is 10.7. The molecule has 106 valence electrons. The molecule has 0 aliphatic heterocycles. The van der Waals surface area contributed by atoms with Crippen molar-refractivity contribution in [2.75, 3.05) is 5.73 Å². The number of halogens is 3. The van der Waals surface area contributed by atoms with E-state index in [9.17, 15) is 8.78 Å². The van der Waals surface area contributed by atoms with Gasteiger partial charge in [-0.05, 0) is 18.6 Å². The van der Waals surface area contributed by atoms with E-state index >= 15 is 0 Å². The Hall–Kier alpha value is -1.76. The summed E-state index contributed by atoms with van der Waals surface area (Å²) in [5, 5.41) is 0. The first kappa shape index (κ1) is 14.6. The van der Waals surface area contributed by atoms with E-state index in [2.05, 4.69) is 25.9 Å². The smallest absolute Gasteiger partial charge is 0.227 e. The van der Waals surface area contributed by atoms with Crippen LogP contribution in [0.2, 0.25) is 0 Å². The van der Waals surface area contributed by atoms with E-state index in [1.54, 1.807) is 0 Å². The Labute approximate surface area is 123 Å². The number of nitrogens with zero attached hydrogens (tertiary/aromatic N) is 2. The Bertz CT molecular complexity index is 637. The molecule has 4 nitrogen and oxygen atoms in total. The predicted octanol–water partition coefficient (Wildman–Crippen LogP) is 3.84. The highest BCUT2D eigenvalue weighted by atomic mass is 79.9. The van der Waals surface area contributed by atoms with Crippen molar-refractivity contribution < 1.29 is 13.5 Å². The average Bonchev–Trinajstić information content (AvgIpc) is 2.39. The minimum Gasteiger partial charge on any atom is -0.435 e. The van der Waals surface area contributed by atoms with Crippen LogP contribution in [0.5, 0.6) is 11.6 Å². The van der Waals surface area contributed by atoms with Crippen molar-refractivity contribution in [1.29, 1.82) is 0 Å². The molecule has 1 aromatic heterocycles. The zero-order chi connectivity index (χ0) is 14.7. The van der Waals surface area contributed by atoms with Gasteiger partial charge in [0.2, 0.25) is 11.7 Å². The van der Waals surface area contributed by atoms with Gasteiger partial charge in [-0.3, -0.25) is 0 Å².